The van der Waals surface area contributed by atoms with Crippen molar-refractivity contribution in [3.05, 3.63) is 32.7 Å². The van der Waals surface area contributed by atoms with E-state index in [2.05, 4.69) is 0 Å². The van der Waals surface area contributed by atoms with Crippen molar-refractivity contribution in [3.63, 3.8) is 0 Å². The van der Waals surface area contributed by atoms with Gasteiger partial charge in [0.1, 0.15) is 22.6 Å². The average Bonchev–Trinajstić information content (AvgIpc) is 2.13. The largest absolute Gasteiger partial charge is 0.506 e. The lowest BCUT2D eigenvalue weighted by Crippen LogP contribution is -1.94. The maximum atomic E-state index is 9.21. The first kappa shape index (κ1) is 12.8. The van der Waals surface area contributed by atoms with Gasteiger partial charge in [-0.1, -0.05) is 46.4 Å². The molecule has 0 saturated carbocycles. The van der Waals surface area contributed by atoms with Gasteiger partial charge in [-0.05, 0) is 6.08 Å². The summed E-state index contributed by atoms with van der Waals surface area (Å²) in [5.74, 6) is 0.255. The summed E-state index contributed by atoms with van der Waals surface area (Å²) in [4.78, 5) is 0. The highest BCUT2D eigenvalue weighted by atomic mass is 35.5. The Kier molecular flexibility index (Phi) is 4.87. The van der Waals surface area contributed by atoms with Crippen molar-refractivity contribution in [2.24, 2.45) is 0 Å². The Morgan fingerprint density at radius 3 is 2.53 bits per heavy atom. The first-order valence-corrected chi connectivity index (χ1v) is 5.34. The summed E-state index contributed by atoms with van der Waals surface area (Å²) in [5.41, 5.74) is 0. The van der Waals surface area contributed by atoms with E-state index in [4.69, 9.17) is 51.1 Å². The van der Waals surface area contributed by atoms with Crippen LogP contribution >= 0.6 is 46.4 Å². The fourth-order valence-corrected chi connectivity index (χ4v) is 1.32. The van der Waals surface area contributed by atoms with Gasteiger partial charge in [-0.25, -0.2) is 0 Å². The van der Waals surface area contributed by atoms with Crippen LogP contribution in [0.3, 0.4) is 0 Å². The van der Waals surface area contributed by atoms with E-state index in [1.807, 2.05) is 0 Å². The number of rotatable bonds is 3. The summed E-state index contributed by atoms with van der Waals surface area (Å²) in [6.07, 6.45) is 1.46. The molecule has 0 saturated heterocycles. The van der Waals surface area contributed by atoms with Crippen LogP contribution in [0, 0.1) is 0 Å². The molecular formula is C9H6Cl4O2. The van der Waals surface area contributed by atoms with E-state index in [0.717, 1.165) is 0 Å². The quantitative estimate of drug-likeness (QED) is 0.893. The Bertz CT molecular complexity index is 386. The molecule has 0 amide bonds. The van der Waals surface area contributed by atoms with Gasteiger partial charge in [0, 0.05) is 12.1 Å². The zero-order valence-corrected chi connectivity index (χ0v) is 10.3. The van der Waals surface area contributed by atoms with E-state index in [1.165, 1.54) is 18.2 Å². The Balaban J connectivity index is 2.77. The van der Waals surface area contributed by atoms with Crippen molar-refractivity contribution < 1.29 is 9.84 Å². The Labute approximate surface area is 107 Å². The van der Waals surface area contributed by atoms with Crippen LogP contribution in [0.4, 0.5) is 0 Å². The molecule has 0 aromatic heterocycles. The third kappa shape index (κ3) is 3.99. The molecule has 1 aromatic carbocycles. The summed E-state index contributed by atoms with van der Waals surface area (Å²) < 4.78 is 5.32. The molecule has 0 atom stereocenters. The van der Waals surface area contributed by atoms with Crippen LogP contribution in [0.1, 0.15) is 0 Å². The summed E-state index contributed by atoms with van der Waals surface area (Å²) in [5, 5.41) is 9.63. The number of benzene rings is 1. The molecule has 0 aliphatic rings. The van der Waals surface area contributed by atoms with E-state index in [-0.39, 0.29) is 26.9 Å². The average molecular weight is 288 g/mol. The van der Waals surface area contributed by atoms with Crippen LogP contribution in [0.15, 0.2) is 22.7 Å². The molecule has 0 aliphatic carbocycles. The Morgan fingerprint density at radius 1 is 1.27 bits per heavy atom. The number of hydrogen-bond donors (Lipinski definition) is 1. The van der Waals surface area contributed by atoms with Crippen LogP contribution in [0.5, 0.6) is 11.5 Å². The number of ether oxygens (including phenoxy) is 1. The lowest BCUT2D eigenvalue weighted by Gasteiger charge is -2.07. The van der Waals surface area contributed by atoms with Crippen molar-refractivity contribution >= 4 is 46.4 Å². The molecule has 15 heavy (non-hydrogen) atoms. The third-order valence-corrected chi connectivity index (χ3v) is 2.38. The van der Waals surface area contributed by atoms with Gasteiger partial charge in [0.2, 0.25) is 0 Å². The maximum Gasteiger partial charge on any atom is 0.140 e. The molecule has 2 nitrogen and oxygen atoms in total. The van der Waals surface area contributed by atoms with Gasteiger partial charge >= 0.3 is 0 Å². The summed E-state index contributed by atoms with van der Waals surface area (Å²) in [6.45, 7) is 0.170. The highest BCUT2D eigenvalue weighted by Crippen LogP contribution is 2.34. The Morgan fingerprint density at radius 2 is 1.93 bits per heavy atom. The second-order valence-corrected chi connectivity index (χ2v) is 4.36. The lowest BCUT2D eigenvalue weighted by molar-refractivity contribution is 0.362. The van der Waals surface area contributed by atoms with Crippen molar-refractivity contribution in [2.75, 3.05) is 6.61 Å². The first-order chi connectivity index (χ1) is 7.00. The molecule has 1 aromatic rings. The molecule has 1 rings (SSSR count). The molecule has 0 radical (unpaired) electrons. The van der Waals surface area contributed by atoms with Gasteiger partial charge in [0.05, 0.1) is 10.0 Å². The van der Waals surface area contributed by atoms with Crippen LogP contribution in [-0.4, -0.2) is 11.7 Å². The van der Waals surface area contributed by atoms with Gasteiger partial charge in [0.25, 0.3) is 0 Å². The molecule has 82 valence electrons. The third-order valence-electron chi connectivity index (χ3n) is 1.48. The normalized spacial score (nSPS) is 9.87. The maximum absolute atomic E-state index is 9.21. The molecule has 0 unspecified atom stereocenters. The van der Waals surface area contributed by atoms with Crippen LogP contribution < -0.4 is 4.74 Å². The van der Waals surface area contributed by atoms with E-state index in [1.54, 1.807) is 0 Å². The smallest absolute Gasteiger partial charge is 0.140 e. The van der Waals surface area contributed by atoms with Crippen molar-refractivity contribution in [1.29, 1.82) is 0 Å². The monoisotopic (exact) mass is 286 g/mol. The Hall–Kier alpha value is -0.280. The van der Waals surface area contributed by atoms with Crippen molar-refractivity contribution in [2.45, 2.75) is 0 Å². The molecule has 0 fully saturated rings. The van der Waals surface area contributed by atoms with Gasteiger partial charge in [0.15, 0.2) is 0 Å². The minimum atomic E-state index is -0.0973. The number of aromatic hydroxyl groups is 1. The first-order valence-electron chi connectivity index (χ1n) is 3.82. The van der Waals surface area contributed by atoms with Crippen LogP contribution in [0.2, 0.25) is 10.0 Å². The second kappa shape index (κ2) is 5.71. The van der Waals surface area contributed by atoms with Crippen LogP contribution in [-0.2, 0) is 0 Å². The summed E-state index contributed by atoms with van der Waals surface area (Å²) in [6, 6.07) is 2.71. The van der Waals surface area contributed by atoms with Crippen LogP contribution in [0.25, 0.3) is 0 Å². The molecule has 6 heteroatoms. The highest BCUT2D eigenvalue weighted by molar-refractivity contribution is 6.55. The SMILES string of the molecule is Oc1cc(Cl)c(OCC=C(Cl)Cl)cc1Cl. The highest BCUT2D eigenvalue weighted by Gasteiger charge is 2.06. The van der Waals surface area contributed by atoms with E-state index in [0.29, 0.717) is 5.75 Å². The van der Waals surface area contributed by atoms with Crippen molar-refractivity contribution in [3.8, 4) is 11.5 Å². The van der Waals surface area contributed by atoms with Gasteiger partial charge in [-0.15, -0.1) is 0 Å². The summed E-state index contributed by atoms with van der Waals surface area (Å²) in [7, 11) is 0. The zero-order chi connectivity index (χ0) is 11.4. The van der Waals surface area contributed by atoms with E-state index < -0.39 is 0 Å². The topological polar surface area (TPSA) is 29.5 Å². The zero-order valence-electron chi connectivity index (χ0n) is 7.31. The predicted molar refractivity (Wildman–Crippen MR) is 63.4 cm³/mol. The second-order valence-electron chi connectivity index (χ2n) is 2.54. The van der Waals surface area contributed by atoms with E-state index >= 15 is 0 Å². The molecule has 0 bridgehead atoms. The number of hydrogen-bond acceptors (Lipinski definition) is 2. The standard InChI is InChI=1S/C9H6Cl4O2/c10-5-4-8(6(11)3-7(5)14)15-2-1-9(12)13/h1,3-4,14H,2H2. The summed E-state index contributed by atoms with van der Waals surface area (Å²) >= 11 is 22.2. The van der Waals surface area contributed by atoms with Crippen molar-refractivity contribution in [1.82, 2.24) is 0 Å². The molecule has 1 N–H and O–H groups in total. The molecule has 0 aliphatic heterocycles. The number of phenolic OH excluding ortho intramolecular Hbond substituents is 1. The van der Waals surface area contributed by atoms with Gasteiger partial charge < -0.3 is 9.84 Å². The molecule has 0 heterocycles. The molecule has 0 spiro atoms. The van der Waals surface area contributed by atoms with E-state index in [9.17, 15) is 5.11 Å². The minimum absolute atomic E-state index is 0.0973. The fourth-order valence-electron chi connectivity index (χ4n) is 0.823. The fraction of sp³-hybridized carbons (Fsp3) is 0.111. The minimum Gasteiger partial charge on any atom is -0.506 e. The lowest BCUT2D eigenvalue weighted by atomic mass is 10.3. The van der Waals surface area contributed by atoms with Gasteiger partial charge in [-0.2, -0.15) is 0 Å². The van der Waals surface area contributed by atoms with Gasteiger partial charge in [-0.3, -0.25) is 0 Å². The number of phenols is 1. The number of halogens is 4. The molecular weight excluding hydrogens is 282 g/mol. The predicted octanol–water partition coefficient (Wildman–Crippen LogP) is 4.40.